The van der Waals surface area contributed by atoms with Crippen LogP contribution in [0.25, 0.3) is 0 Å². The molecular weight excluding hydrogens is 222 g/mol. The van der Waals surface area contributed by atoms with Crippen LogP contribution in [0, 0.1) is 0 Å². The number of ether oxygens (including phenoxy) is 1. The summed E-state index contributed by atoms with van der Waals surface area (Å²) < 4.78 is 6.54. The van der Waals surface area contributed by atoms with E-state index in [9.17, 15) is 5.11 Å². The van der Waals surface area contributed by atoms with Gasteiger partial charge in [-0.3, -0.25) is 4.68 Å². The lowest BCUT2D eigenvalue weighted by Crippen LogP contribution is -2.22. The fourth-order valence-electron chi connectivity index (χ4n) is 1.50. The van der Waals surface area contributed by atoms with E-state index in [0.717, 1.165) is 12.1 Å². The summed E-state index contributed by atoms with van der Waals surface area (Å²) in [6.45, 7) is 2.43. The van der Waals surface area contributed by atoms with Crippen molar-refractivity contribution in [2.45, 2.75) is 25.6 Å². The summed E-state index contributed by atoms with van der Waals surface area (Å²) in [5.74, 6) is 0. The average Bonchev–Trinajstić information content (AvgIpc) is 2.73. The fraction of sp³-hybridized carbons (Fsp3) is 0.727. The number of methoxy groups -OCH3 is 1. The van der Waals surface area contributed by atoms with Crippen LogP contribution < -0.4 is 5.32 Å². The van der Waals surface area contributed by atoms with Crippen LogP contribution in [-0.4, -0.2) is 53.0 Å². The van der Waals surface area contributed by atoms with Crippen molar-refractivity contribution >= 4 is 0 Å². The summed E-state index contributed by atoms with van der Waals surface area (Å²) in [5, 5.41) is 25.5. The Morgan fingerprint density at radius 3 is 3.12 bits per heavy atom. The molecule has 0 saturated heterocycles. The predicted octanol–water partition coefficient (Wildman–Crippen LogP) is -0.638. The van der Waals surface area contributed by atoms with Crippen LogP contribution in [0.15, 0.2) is 12.4 Å². The molecule has 0 amide bonds. The van der Waals surface area contributed by atoms with Crippen molar-refractivity contribution < 1.29 is 14.9 Å². The number of nitrogens with one attached hydrogen (secondary N) is 1. The Morgan fingerprint density at radius 1 is 1.59 bits per heavy atom. The number of hydrogen-bond donors (Lipinski definition) is 3. The molecule has 0 aliphatic rings. The second kappa shape index (κ2) is 8.19. The molecule has 6 nitrogen and oxygen atoms in total. The molecule has 0 bridgehead atoms. The molecule has 0 radical (unpaired) electrons. The normalized spacial score (nSPS) is 12.9. The largest absolute Gasteiger partial charge is 0.394 e. The SMILES string of the molecule is COCC(O)CCNCc1cnn(CCO)c1. The van der Waals surface area contributed by atoms with Crippen LogP contribution in [-0.2, 0) is 17.8 Å². The molecule has 1 heterocycles. The molecule has 98 valence electrons. The maximum atomic E-state index is 9.41. The van der Waals surface area contributed by atoms with Crippen LogP contribution in [0.2, 0.25) is 0 Å². The first-order chi connectivity index (χ1) is 8.26. The van der Waals surface area contributed by atoms with Gasteiger partial charge in [0.25, 0.3) is 0 Å². The van der Waals surface area contributed by atoms with Crippen molar-refractivity contribution in [3.05, 3.63) is 18.0 Å². The Morgan fingerprint density at radius 2 is 2.41 bits per heavy atom. The minimum absolute atomic E-state index is 0.0950. The standard InChI is InChI=1S/C11H21N3O3/c1-17-9-11(16)2-3-12-6-10-7-13-14(8-10)4-5-15/h7-8,11-12,15-16H,2-6,9H2,1H3. The molecule has 3 N–H and O–H groups in total. The number of aliphatic hydroxyl groups is 2. The van der Waals surface area contributed by atoms with Crippen LogP contribution in [0.1, 0.15) is 12.0 Å². The molecular formula is C11H21N3O3. The lowest BCUT2D eigenvalue weighted by atomic mass is 10.2. The van der Waals surface area contributed by atoms with Gasteiger partial charge in [0, 0.05) is 25.4 Å². The molecule has 1 aromatic rings. The molecule has 0 fully saturated rings. The van der Waals surface area contributed by atoms with E-state index in [0.29, 0.717) is 26.1 Å². The van der Waals surface area contributed by atoms with Gasteiger partial charge in [-0.05, 0) is 13.0 Å². The van der Waals surface area contributed by atoms with Gasteiger partial charge >= 0.3 is 0 Å². The Labute approximate surface area is 101 Å². The van der Waals surface area contributed by atoms with Gasteiger partial charge in [-0.2, -0.15) is 5.10 Å². The molecule has 0 aliphatic carbocycles. The quantitative estimate of drug-likeness (QED) is 0.503. The monoisotopic (exact) mass is 243 g/mol. The summed E-state index contributed by atoms with van der Waals surface area (Å²) in [4.78, 5) is 0. The molecule has 1 aromatic heterocycles. The summed E-state index contributed by atoms with van der Waals surface area (Å²) in [5.41, 5.74) is 1.07. The first kappa shape index (κ1) is 14.1. The number of aliphatic hydroxyl groups excluding tert-OH is 2. The summed E-state index contributed by atoms with van der Waals surface area (Å²) in [6, 6.07) is 0. The maximum absolute atomic E-state index is 9.41. The third-order valence-electron chi connectivity index (χ3n) is 2.36. The Kier molecular flexibility index (Phi) is 6.80. The molecule has 0 aliphatic heterocycles. The average molecular weight is 243 g/mol. The van der Waals surface area contributed by atoms with Gasteiger partial charge in [-0.25, -0.2) is 0 Å². The minimum atomic E-state index is -0.412. The van der Waals surface area contributed by atoms with Crippen LogP contribution in [0.5, 0.6) is 0 Å². The molecule has 1 atom stereocenters. The second-order valence-electron chi connectivity index (χ2n) is 3.91. The summed E-state index contributed by atoms with van der Waals surface area (Å²) in [7, 11) is 1.58. The zero-order chi connectivity index (χ0) is 12.5. The highest BCUT2D eigenvalue weighted by molar-refractivity contribution is 5.03. The van der Waals surface area contributed by atoms with Gasteiger partial charge < -0.3 is 20.3 Å². The van der Waals surface area contributed by atoms with Gasteiger partial charge in [0.2, 0.25) is 0 Å². The highest BCUT2D eigenvalue weighted by Gasteiger charge is 2.03. The van der Waals surface area contributed by atoms with Crippen molar-refractivity contribution in [1.82, 2.24) is 15.1 Å². The Bertz CT molecular complexity index is 304. The summed E-state index contributed by atoms with van der Waals surface area (Å²) in [6.07, 6.45) is 3.92. The summed E-state index contributed by atoms with van der Waals surface area (Å²) >= 11 is 0. The number of rotatable bonds is 9. The lowest BCUT2D eigenvalue weighted by molar-refractivity contribution is 0.0594. The Balaban J connectivity index is 2.13. The van der Waals surface area contributed by atoms with Gasteiger partial charge in [-0.1, -0.05) is 0 Å². The molecule has 0 saturated carbocycles. The molecule has 0 spiro atoms. The van der Waals surface area contributed by atoms with E-state index in [1.54, 1.807) is 18.0 Å². The van der Waals surface area contributed by atoms with Crippen molar-refractivity contribution in [3.8, 4) is 0 Å². The van der Waals surface area contributed by atoms with Crippen molar-refractivity contribution in [1.29, 1.82) is 0 Å². The smallest absolute Gasteiger partial charge is 0.0785 e. The third-order valence-corrected chi connectivity index (χ3v) is 2.36. The van der Waals surface area contributed by atoms with E-state index in [4.69, 9.17) is 9.84 Å². The van der Waals surface area contributed by atoms with Crippen molar-refractivity contribution in [2.24, 2.45) is 0 Å². The van der Waals surface area contributed by atoms with E-state index in [1.807, 2.05) is 6.20 Å². The number of nitrogens with zero attached hydrogens (tertiary/aromatic N) is 2. The first-order valence-corrected chi connectivity index (χ1v) is 5.76. The highest BCUT2D eigenvalue weighted by atomic mass is 16.5. The molecule has 0 aromatic carbocycles. The zero-order valence-electron chi connectivity index (χ0n) is 10.2. The molecule has 1 unspecified atom stereocenters. The van der Waals surface area contributed by atoms with E-state index in [1.165, 1.54) is 0 Å². The molecule has 6 heteroatoms. The van der Waals surface area contributed by atoms with Crippen LogP contribution in [0.3, 0.4) is 0 Å². The molecule has 1 rings (SSSR count). The van der Waals surface area contributed by atoms with Crippen molar-refractivity contribution in [3.63, 3.8) is 0 Å². The Hall–Kier alpha value is -0.950. The van der Waals surface area contributed by atoms with E-state index >= 15 is 0 Å². The fourth-order valence-corrected chi connectivity index (χ4v) is 1.50. The van der Waals surface area contributed by atoms with E-state index in [-0.39, 0.29) is 6.61 Å². The predicted molar refractivity (Wildman–Crippen MR) is 63.5 cm³/mol. The number of hydrogen-bond acceptors (Lipinski definition) is 5. The highest BCUT2D eigenvalue weighted by Crippen LogP contribution is 1.97. The van der Waals surface area contributed by atoms with E-state index < -0.39 is 6.10 Å². The van der Waals surface area contributed by atoms with Gasteiger partial charge in [0.1, 0.15) is 0 Å². The van der Waals surface area contributed by atoms with Gasteiger partial charge in [-0.15, -0.1) is 0 Å². The minimum Gasteiger partial charge on any atom is -0.394 e. The van der Waals surface area contributed by atoms with Gasteiger partial charge in [0.15, 0.2) is 0 Å². The third kappa shape index (κ3) is 5.78. The first-order valence-electron chi connectivity index (χ1n) is 5.76. The second-order valence-corrected chi connectivity index (χ2v) is 3.91. The van der Waals surface area contributed by atoms with Crippen molar-refractivity contribution in [2.75, 3.05) is 26.9 Å². The maximum Gasteiger partial charge on any atom is 0.0785 e. The molecule has 17 heavy (non-hydrogen) atoms. The van der Waals surface area contributed by atoms with E-state index in [2.05, 4.69) is 10.4 Å². The van der Waals surface area contributed by atoms with Crippen LogP contribution >= 0.6 is 0 Å². The lowest BCUT2D eigenvalue weighted by Gasteiger charge is -2.09. The number of aromatic nitrogens is 2. The topological polar surface area (TPSA) is 79.5 Å². The zero-order valence-corrected chi connectivity index (χ0v) is 10.2. The van der Waals surface area contributed by atoms with Crippen LogP contribution in [0.4, 0.5) is 0 Å². The van der Waals surface area contributed by atoms with Gasteiger partial charge in [0.05, 0.1) is 32.1 Å².